The van der Waals surface area contributed by atoms with Gasteiger partial charge in [-0.2, -0.15) is 18.2 Å². The molecule has 2 aromatic rings. The highest BCUT2D eigenvalue weighted by Crippen LogP contribution is 2.35. The van der Waals surface area contributed by atoms with Gasteiger partial charge in [-0.25, -0.2) is 9.98 Å². The average Bonchev–Trinajstić information content (AvgIpc) is 3.27. The number of rotatable bonds is 3. The molecule has 0 spiro atoms. The highest BCUT2D eigenvalue weighted by atomic mass is 19.4. The minimum absolute atomic E-state index is 0.222. The first-order chi connectivity index (χ1) is 16.2. The van der Waals surface area contributed by atoms with Gasteiger partial charge in [0.15, 0.2) is 0 Å². The monoisotopic (exact) mass is 471 g/mol. The van der Waals surface area contributed by atoms with Crippen LogP contribution in [-0.2, 0) is 6.18 Å². The number of aliphatic imine (C=N–C) groups is 2. The second-order valence-electron chi connectivity index (χ2n) is 9.03. The number of anilines is 2. The molecule has 3 aliphatic rings. The number of hydrogen-bond acceptors (Lipinski definition) is 7. The summed E-state index contributed by atoms with van der Waals surface area (Å²) >= 11 is 0. The van der Waals surface area contributed by atoms with Crippen molar-refractivity contribution in [1.82, 2.24) is 15.2 Å². The number of alkyl halides is 3. The van der Waals surface area contributed by atoms with Crippen LogP contribution in [0, 0.1) is 6.92 Å². The maximum absolute atomic E-state index is 13.5. The van der Waals surface area contributed by atoms with Gasteiger partial charge in [-0.05, 0) is 44.2 Å². The molecule has 1 aromatic heterocycles. The molecule has 34 heavy (non-hydrogen) atoms. The summed E-state index contributed by atoms with van der Waals surface area (Å²) < 4.78 is 40.4. The highest BCUT2D eigenvalue weighted by Gasteiger charge is 2.34. The lowest BCUT2D eigenvalue weighted by molar-refractivity contribution is -0.138. The van der Waals surface area contributed by atoms with Gasteiger partial charge in [0, 0.05) is 38.3 Å². The van der Waals surface area contributed by atoms with Crippen molar-refractivity contribution in [3.05, 3.63) is 52.7 Å². The van der Waals surface area contributed by atoms with Crippen molar-refractivity contribution in [3.8, 4) is 0 Å². The molecular weight excluding hydrogens is 443 g/mol. The third kappa shape index (κ3) is 4.11. The van der Waals surface area contributed by atoms with Crippen molar-refractivity contribution >= 4 is 23.3 Å². The summed E-state index contributed by atoms with van der Waals surface area (Å²) in [5.41, 5.74) is 2.00. The number of guanidine groups is 1. The number of likely N-dealkylation sites (N-methyl/N-ethyl adjacent to an activating group) is 1. The predicted molar refractivity (Wildman–Crippen MR) is 128 cm³/mol. The fraction of sp³-hybridized carbons (Fsp3) is 0.458. The SMILES string of the molecule is Cc1c(C(C)NC2=NC3=NCCN3c3cnc(N4CCN(C)CC4)cc32)cccc1C(F)(F)F. The number of halogens is 3. The van der Waals surface area contributed by atoms with Crippen LogP contribution >= 0.6 is 0 Å². The van der Waals surface area contributed by atoms with Crippen molar-refractivity contribution in [2.24, 2.45) is 9.98 Å². The molecule has 10 heteroatoms. The third-order valence-corrected chi connectivity index (χ3v) is 6.77. The Balaban J connectivity index is 1.48. The highest BCUT2D eigenvalue weighted by molar-refractivity contribution is 6.18. The Labute approximate surface area is 197 Å². The number of aromatic nitrogens is 1. The van der Waals surface area contributed by atoms with Crippen LogP contribution in [-0.4, -0.2) is 68.0 Å². The quantitative estimate of drug-likeness (QED) is 0.743. The van der Waals surface area contributed by atoms with Gasteiger partial charge in [-0.1, -0.05) is 12.1 Å². The predicted octanol–water partition coefficient (Wildman–Crippen LogP) is 3.45. The number of fused-ring (bicyclic) bond motifs is 3. The fourth-order valence-electron chi connectivity index (χ4n) is 4.79. The summed E-state index contributed by atoms with van der Waals surface area (Å²) in [6.45, 7) is 8.46. The van der Waals surface area contributed by atoms with Crippen LogP contribution in [0.2, 0.25) is 0 Å². The van der Waals surface area contributed by atoms with E-state index in [4.69, 9.17) is 9.98 Å². The molecule has 1 aromatic carbocycles. The standard InChI is InChI=1S/C24H28F3N7/c1-15-17(5-4-6-19(15)24(25,26)27)16(2)30-22-18-13-21(33-11-9-32(3)10-12-33)29-14-20(18)34-8-7-28-23(34)31-22/h4-6,13-14,16H,7-12H2,1-3H3,(H,28,30,31). The lowest BCUT2D eigenvalue weighted by atomic mass is 9.97. The van der Waals surface area contributed by atoms with Crippen LogP contribution in [0.4, 0.5) is 24.7 Å². The van der Waals surface area contributed by atoms with Crippen LogP contribution in [0.25, 0.3) is 0 Å². The first-order valence-electron chi connectivity index (χ1n) is 11.5. The zero-order valence-corrected chi connectivity index (χ0v) is 19.5. The maximum Gasteiger partial charge on any atom is 0.416 e. The van der Waals surface area contributed by atoms with E-state index in [1.165, 1.54) is 13.0 Å². The zero-order valence-electron chi connectivity index (χ0n) is 19.5. The molecule has 1 atom stereocenters. The van der Waals surface area contributed by atoms with Gasteiger partial charge in [-0.3, -0.25) is 0 Å². The second kappa shape index (κ2) is 8.57. The van der Waals surface area contributed by atoms with Crippen LogP contribution in [0.5, 0.6) is 0 Å². The van der Waals surface area contributed by atoms with Gasteiger partial charge in [-0.15, -0.1) is 0 Å². The molecule has 4 heterocycles. The Kier molecular flexibility index (Phi) is 5.71. The molecule has 1 fully saturated rings. The van der Waals surface area contributed by atoms with Crippen molar-refractivity contribution in [2.45, 2.75) is 26.1 Å². The number of amidine groups is 1. The van der Waals surface area contributed by atoms with E-state index in [0.717, 1.165) is 55.9 Å². The maximum atomic E-state index is 13.5. The minimum atomic E-state index is -4.39. The first kappa shape index (κ1) is 22.6. The molecule has 1 unspecified atom stereocenters. The Morgan fingerprint density at radius 3 is 2.59 bits per heavy atom. The summed E-state index contributed by atoms with van der Waals surface area (Å²) in [4.78, 5) is 20.6. The molecule has 180 valence electrons. The van der Waals surface area contributed by atoms with Gasteiger partial charge >= 0.3 is 6.18 Å². The number of benzene rings is 1. The number of pyridine rings is 1. The molecular formula is C24H28F3N7. The Morgan fingerprint density at radius 2 is 1.85 bits per heavy atom. The van der Waals surface area contributed by atoms with E-state index in [-0.39, 0.29) is 11.6 Å². The average molecular weight is 472 g/mol. The normalized spacial score (nSPS) is 19.4. The minimum Gasteiger partial charge on any atom is -0.363 e. The van der Waals surface area contributed by atoms with Crippen LogP contribution in [0.15, 0.2) is 40.4 Å². The Morgan fingerprint density at radius 1 is 1.09 bits per heavy atom. The number of piperazine rings is 1. The van der Waals surface area contributed by atoms with Crippen LogP contribution in [0.3, 0.4) is 0 Å². The van der Waals surface area contributed by atoms with Crippen molar-refractivity contribution in [1.29, 1.82) is 0 Å². The first-order valence-corrected chi connectivity index (χ1v) is 11.5. The molecule has 0 saturated carbocycles. The Bertz CT molecular complexity index is 1150. The zero-order chi connectivity index (χ0) is 24.0. The van der Waals surface area contributed by atoms with E-state index in [9.17, 15) is 13.2 Å². The Hall–Kier alpha value is -3.14. The summed E-state index contributed by atoms with van der Waals surface area (Å²) in [5.74, 6) is 2.09. The van der Waals surface area contributed by atoms with Gasteiger partial charge in [0.25, 0.3) is 0 Å². The number of nitrogens with one attached hydrogen (secondary N) is 1. The number of hydrogen-bond donors (Lipinski definition) is 1. The van der Waals surface area contributed by atoms with Crippen molar-refractivity contribution in [3.63, 3.8) is 0 Å². The van der Waals surface area contributed by atoms with E-state index in [2.05, 4.69) is 27.2 Å². The fourth-order valence-corrected chi connectivity index (χ4v) is 4.79. The van der Waals surface area contributed by atoms with Crippen molar-refractivity contribution in [2.75, 3.05) is 56.1 Å². The molecule has 0 aliphatic carbocycles. The molecule has 1 N–H and O–H groups in total. The van der Waals surface area contributed by atoms with Gasteiger partial charge < -0.3 is 20.0 Å². The van der Waals surface area contributed by atoms with Gasteiger partial charge in [0.1, 0.15) is 11.7 Å². The smallest absolute Gasteiger partial charge is 0.363 e. The summed E-state index contributed by atoms with van der Waals surface area (Å²) in [7, 11) is 2.11. The summed E-state index contributed by atoms with van der Waals surface area (Å²) in [6, 6.07) is 5.96. The van der Waals surface area contributed by atoms with Gasteiger partial charge in [0.2, 0.25) is 5.96 Å². The summed E-state index contributed by atoms with van der Waals surface area (Å²) in [5, 5.41) is 3.38. The van der Waals surface area contributed by atoms with Gasteiger partial charge in [0.05, 0.1) is 30.0 Å². The molecule has 0 amide bonds. The van der Waals surface area contributed by atoms with E-state index in [1.54, 1.807) is 6.07 Å². The second-order valence-corrected chi connectivity index (χ2v) is 9.03. The van der Waals surface area contributed by atoms with Crippen LogP contribution in [0.1, 0.15) is 35.2 Å². The van der Waals surface area contributed by atoms with E-state index < -0.39 is 11.7 Å². The van der Waals surface area contributed by atoms with Crippen LogP contribution < -0.4 is 15.1 Å². The largest absolute Gasteiger partial charge is 0.416 e. The molecule has 1 saturated heterocycles. The molecule has 0 bridgehead atoms. The number of nitrogens with zero attached hydrogens (tertiary/aromatic N) is 6. The molecule has 3 aliphatic heterocycles. The summed E-state index contributed by atoms with van der Waals surface area (Å²) in [6.07, 6.45) is -2.53. The van der Waals surface area contributed by atoms with E-state index >= 15 is 0 Å². The molecule has 0 radical (unpaired) electrons. The molecule has 5 rings (SSSR count). The topological polar surface area (TPSA) is 59.4 Å². The lowest BCUT2D eigenvalue weighted by Gasteiger charge is -2.34. The lowest BCUT2D eigenvalue weighted by Crippen LogP contribution is -2.45. The van der Waals surface area contributed by atoms with E-state index in [1.807, 2.05) is 24.1 Å². The molecule has 7 nitrogen and oxygen atoms in total. The third-order valence-electron chi connectivity index (χ3n) is 6.77. The van der Waals surface area contributed by atoms with E-state index in [0.29, 0.717) is 23.9 Å². The van der Waals surface area contributed by atoms with Crippen molar-refractivity contribution < 1.29 is 13.2 Å².